The number of carbonyl (C=O) groups is 1. The molecule has 0 saturated heterocycles. The Labute approximate surface area is 175 Å². The molecule has 150 valence electrons. The van der Waals surface area contributed by atoms with E-state index in [0.717, 1.165) is 30.6 Å². The van der Waals surface area contributed by atoms with Gasteiger partial charge in [0.25, 0.3) is 0 Å². The van der Waals surface area contributed by atoms with Gasteiger partial charge in [0.15, 0.2) is 0 Å². The third kappa shape index (κ3) is 4.64. The van der Waals surface area contributed by atoms with E-state index in [4.69, 9.17) is 16.3 Å². The van der Waals surface area contributed by atoms with Crippen LogP contribution >= 0.6 is 23.4 Å². The lowest BCUT2D eigenvalue weighted by Gasteiger charge is -2.41. The molecule has 2 aromatic rings. The smallest absolute Gasteiger partial charge is 0.230 e. The van der Waals surface area contributed by atoms with E-state index in [1.165, 1.54) is 17.8 Å². The van der Waals surface area contributed by atoms with Gasteiger partial charge in [0.1, 0.15) is 17.2 Å². The highest BCUT2D eigenvalue weighted by molar-refractivity contribution is 7.99. The van der Waals surface area contributed by atoms with Crippen LogP contribution in [-0.2, 0) is 10.5 Å². The molecule has 1 aliphatic rings. The van der Waals surface area contributed by atoms with Crippen LogP contribution in [-0.4, -0.2) is 17.3 Å². The van der Waals surface area contributed by atoms with E-state index in [9.17, 15) is 9.18 Å². The van der Waals surface area contributed by atoms with Gasteiger partial charge in [-0.05, 0) is 31.0 Å². The van der Waals surface area contributed by atoms with Crippen molar-refractivity contribution in [1.82, 2.24) is 5.32 Å². The number of amides is 1. The highest BCUT2D eigenvalue weighted by Crippen LogP contribution is 2.42. The molecule has 3 rings (SSSR count). The second kappa shape index (κ2) is 9.19. The quantitative estimate of drug-likeness (QED) is 0.603. The minimum absolute atomic E-state index is 0.0692. The molecule has 0 fully saturated rings. The van der Waals surface area contributed by atoms with E-state index in [0.29, 0.717) is 16.3 Å². The minimum Gasteiger partial charge on any atom is -0.487 e. The Morgan fingerprint density at radius 3 is 2.71 bits per heavy atom. The van der Waals surface area contributed by atoms with Crippen molar-refractivity contribution in [2.75, 3.05) is 5.75 Å². The van der Waals surface area contributed by atoms with Crippen LogP contribution in [0.2, 0.25) is 5.02 Å². The van der Waals surface area contributed by atoms with Crippen molar-refractivity contribution in [3.63, 3.8) is 0 Å². The number of hydrogen-bond donors (Lipinski definition) is 1. The molecule has 3 nitrogen and oxygen atoms in total. The minimum atomic E-state index is -0.338. The molecule has 0 radical (unpaired) electrons. The Morgan fingerprint density at radius 1 is 1.25 bits per heavy atom. The van der Waals surface area contributed by atoms with Gasteiger partial charge in [-0.15, -0.1) is 11.8 Å². The van der Waals surface area contributed by atoms with Crippen molar-refractivity contribution in [2.24, 2.45) is 0 Å². The number of fused-ring (bicyclic) bond motifs is 1. The average molecular weight is 422 g/mol. The standard InChI is InChI=1S/C22H25ClFNO2S/c1-3-22(4-2)12-19(15-8-5-6-11-20(15)27-22)25-21(26)14-28-13-16-17(23)9-7-10-18(16)24/h5-11,19H,3-4,12-14H2,1-2H3,(H,25,26)/t19-/m1/s1. The predicted molar refractivity (Wildman–Crippen MR) is 113 cm³/mol. The molecule has 1 heterocycles. The second-order valence-corrected chi connectivity index (χ2v) is 8.44. The third-order valence-corrected chi connectivity index (χ3v) is 6.68. The number of benzene rings is 2. The summed E-state index contributed by atoms with van der Waals surface area (Å²) in [5.74, 6) is 1.04. The molecule has 1 atom stereocenters. The van der Waals surface area contributed by atoms with Gasteiger partial charge < -0.3 is 10.1 Å². The predicted octanol–water partition coefficient (Wildman–Crippen LogP) is 5.91. The van der Waals surface area contributed by atoms with E-state index < -0.39 is 0 Å². The average Bonchev–Trinajstić information content (AvgIpc) is 2.70. The van der Waals surface area contributed by atoms with Crippen LogP contribution in [0.1, 0.15) is 50.3 Å². The van der Waals surface area contributed by atoms with Crippen molar-refractivity contribution in [3.05, 3.63) is 64.4 Å². The van der Waals surface area contributed by atoms with Crippen LogP contribution in [0.3, 0.4) is 0 Å². The highest BCUT2D eigenvalue weighted by Gasteiger charge is 2.38. The van der Waals surface area contributed by atoms with Gasteiger partial charge >= 0.3 is 0 Å². The van der Waals surface area contributed by atoms with Crippen LogP contribution in [0.25, 0.3) is 0 Å². The Hall–Kier alpha value is -1.72. The van der Waals surface area contributed by atoms with Gasteiger partial charge in [0.05, 0.1) is 11.8 Å². The summed E-state index contributed by atoms with van der Waals surface area (Å²) >= 11 is 7.41. The van der Waals surface area contributed by atoms with Crippen LogP contribution in [0, 0.1) is 5.82 Å². The zero-order valence-electron chi connectivity index (χ0n) is 16.1. The molecule has 28 heavy (non-hydrogen) atoms. The maximum absolute atomic E-state index is 13.9. The maximum Gasteiger partial charge on any atom is 0.230 e. The summed E-state index contributed by atoms with van der Waals surface area (Å²) in [7, 11) is 0. The van der Waals surface area contributed by atoms with Gasteiger partial charge in [0.2, 0.25) is 5.91 Å². The lowest BCUT2D eigenvalue weighted by molar-refractivity contribution is -0.120. The van der Waals surface area contributed by atoms with Crippen LogP contribution in [0.5, 0.6) is 5.75 Å². The van der Waals surface area contributed by atoms with Crippen molar-refractivity contribution in [2.45, 2.75) is 50.5 Å². The normalized spacial score (nSPS) is 17.5. The summed E-state index contributed by atoms with van der Waals surface area (Å²) < 4.78 is 20.1. The van der Waals surface area contributed by atoms with Gasteiger partial charge in [-0.3, -0.25) is 4.79 Å². The fourth-order valence-electron chi connectivity index (χ4n) is 3.58. The van der Waals surface area contributed by atoms with Gasteiger partial charge in [0, 0.05) is 28.3 Å². The molecule has 6 heteroatoms. The number of hydrogen-bond acceptors (Lipinski definition) is 3. The summed E-state index contributed by atoms with van der Waals surface area (Å²) in [4.78, 5) is 12.6. The molecular weight excluding hydrogens is 397 g/mol. The molecule has 1 aliphatic heterocycles. The van der Waals surface area contributed by atoms with Crippen LogP contribution in [0.15, 0.2) is 42.5 Å². The van der Waals surface area contributed by atoms with E-state index >= 15 is 0 Å². The van der Waals surface area contributed by atoms with E-state index in [-0.39, 0.29) is 29.1 Å². The molecule has 1 amide bonds. The van der Waals surface area contributed by atoms with Gasteiger partial charge in [-0.2, -0.15) is 0 Å². The number of rotatable bonds is 7. The number of nitrogens with one attached hydrogen (secondary N) is 1. The summed E-state index contributed by atoms with van der Waals surface area (Å²) in [6, 6.07) is 12.4. The van der Waals surface area contributed by atoms with Crippen molar-refractivity contribution in [1.29, 1.82) is 0 Å². The van der Waals surface area contributed by atoms with Crippen molar-refractivity contribution >= 4 is 29.3 Å². The third-order valence-electron chi connectivity index (χ3n) is 5.36. The van der Waals surface area contributed by atoms with E-state index in [1.807, 2.05) is 24.3 Å². The Bertz CT molecular complexity index is 821. The SMILES string of the molecule is CCC1(CC)C[C@@H](NC(=O)CSCc2c(F)cccc2Cl)c2ccccc2O1. The molecule has 0 aliphatic carbocycles. The first-order valence-electron chi connectivity index (χ1n) is 9.56. The summed E-state index contributed by atoms with van der Waals surface area (Å²) in [6.45, 7) is 4.23. The molecule has 0 bridgehead atoms. The summed E-state index contributed by atoms with van der Waals surface area (Å²) in [5, 5.41) is 3.54. The lowest BCUT2D eigenvalue weighted by atomic mass is 9.83. The van der Waals surface area contributed by atoms with E-state index in [2.05, 4.69) is 19.2 Å². The Morgan fingerprint density at radius 2 is 2.00 bits per heavy atom. The first-order valence-corrected chi connectivity index (χ1v) is 11.1. The number of carbonyl (C=O) groups excluding carboxylic acids is 1. The highest BCUT2D eigenvalue weighted by atomic mass is 35.5. The number of thioether (sulfide) groups is 1. The number of ether oxygens (including phenoxy) is 1. The molecule has 0 spiro atoms. The van der Waals surface area contributed by atoms with Gasteiger partial charge in [-0.25, -0.2) is 4.39 Å². The lowest BCUT2D eigenvalue weighted by Crippen LogP contribution is -2.44. The molecule has 1 N–H and O–H groups in total. The largest absolute Gasteiger partial charge is 0.487 e. The Balaban J connectivity index is 1.64. The number of halogens is 2. The van der Waals surface area contributed by atoms with Crippen molar-refractivity contribution in [3.8, 4) is 5.75 Å². The monoisotopic (exact) mass is 421 g/mol. The summed E-state index contributed by atoms with van der Waals surface area (Å²) in [6.07, 6.45) is 2.50. The zero-order chi connectivity index (χ0) is 20.1. The molecule has 2 aromatic carbocycles. The topological polar surface area (TPSA) is 38.3 Å². The van der Waals surface area contributed by atoms with E-state index in [1.54, 1.807) is 12.1 Å². The number of para-hydroxylation sites is 1. The van der Waals surface area contributed by atoms with Crippen LogP contribution < -0.4 is 10.1 Å². The van der Waals surface area contributed by atoms with Gasteiger partial charge in [-0.1, -0.05) is 49.7 Å². The fraction of sp³-hybridized carbons (Fsp3) is 0.409. The van der Waals surface area contributed by atoms with Crippen LogP contribution in [0.4, 0.5) is 4.39 Å². The fourth-order valence-corrected chi connectivity index (χ4v) is 4.76. The molecule has 0 saturated carbocycles. The second-order valence-electron chi connectivity index (χ2n) is 7.05. The first-order chi connectivity index (χ1) is 13.5. The zero-order valence-corrected chi connectivity index (χ0v) is 17.7. The maximum atomic E-state index is 13.9. The molecule has 0 aromatic heterocycles. The first kappa shape index (κ1) is 21.0. The molecular formula is C22H25ClFNO2S. The summed E-state index contributed by atoms with van der Waals surface area (Å²) in [5.41, 5.74) is 1.19. The Kier molecular flexibility index (Phi) is 6.89. The molecule has 0 unspecified atom stereocenters. The van der Waals surface area contributed by atoms with Crippen molar-refractivity contribution < 1.29 is 13.9 Å².